The first-order valence-corrected chi connectivity index (χ1v) is 9.25. The van der Waals surface area contributed by atoms with Crippen LogP contribution in [-0.2, 0) is 15.7 Å². The van der Waals surface area contributed by atoms with E-state index >= 15 is 0 Å². The van der Waals surface area contributed by atoms with Gasteiger partial charge in [0, 0.05) is 19.7 Å². The largest absolute Gasteiger partial charge is 0.433 e. The summed E-state index contributed by atoms with van der Waals surface area (Å²) in [5.41, 5.74) is -1.14. The molecule has 3 fully saturated rings. The van der Waals surface area contributed by atoms with Crippen molar-refractivity contribution in [2.75, 3.05) is 37.8 Å². The third-order valence-electron chi connectivity index (χ3n) is 5.65. The summed E-state index contributed by atoms with van der Waals surface area (Å²) < 4.78 is 50.5. The van der Waals surface area contributed by atoms with E-state index in [2.05, 4.69) is 10.3 Å². The molecule has 2 atom stereocenters. The normalized spacial score (nSPS) is 28.3. The number of pyridine rings is 1. The van der Waals surface area contributed by atoms with Crippen molar-refractivity contribution < 1.29 is 27.4 Å². The van der Waals surface area contributed by atoms with Crippen molar-refractivity contribution in [3.63, 3.8) is 0 Å². The van der Waals surface area contributed by atoms with E-state index in [0.717, 1.165) is 31.7 Å². The molecule has 0 radical (unpaired) electrons. The third-order valence-corrected chi connectivity index (χ3v) is 5.65. The van der Waals surface area contributed by atoms with Crippen LogP contribution >= 0.6 is 0 Å². The number of aromatic nitrogens is 1. The minimum atomic E-state index is -4.56. The molecule has 1 spiro atoms. The number of hydrogen-bond donors (Lipinski definition) is 1. The van der Waals surface area contributed by atoms with Gasteiger partial charge in [0.2, 0.25) is 0 Å². The molecule has 9 heteroatoms. The molecule has 3 aliphatic rings. The molecular formula is C18H22F3N3O3. The maximum absolute atomic E-state index is 13.1. The van der Waals surface area contributed by atoms with E-state index in [0.29, 0.717) is 32.9 Å². The van der Waals surface area contributed by atoms with E-state index in [1.165, 1.54) is 6.07 Å². The van der Waals surface area contributed by atoms with Crippen LogP contribution in [0.4, 0.5) is 19.0 Å². The Kier molecular flexibility index (Phi) is 4.75. The first-order valence-electron chi connectivity index (χ1n) is 9.25. The average molecular weight is 385 g/mol. The second-order valence-corrected chi connectivity index (χ2v) is 7.25. The fourth-order valence-corrected chi connectivity index (χ4v) is 4.04. The van der Waals surface area contributed by atoms with E-state index in [-0.39, 0.29) is 23.0 Å². The van der Waals surface area contributed by atoms with Crippen LogP contribution in [0.5, 0.6) is 0 Å². The molecule has 2 aliphatic heterocycles. The molecule has 27 heavy (non-hydrogen) atoms. The molecule has 2 unspecified atom stereocenters. The number of morpholine rings is 1. The molecule has 0 aromatic carbocycles. The highest BCUT2D eigenvalue weighted by molar-refractivity contribution is 5.99. The Morgan fingerprint density at radius 2 is 2.00 bits per heavy atom. The lowest BCUT2D eigenvalue weighted by Crippen LogP contribution is -2.60. The molecule has 1 saturated carbocycles. The van der Waals surface area contributed by atoms with Gasteiger partial charge in [-0.2, -0.15) is 13.2 Å². The number of hydrogen-bond acceptors (Lipinski definition) is 5. The number of alkyl halides is 3. The fraction of sp³-hybridized carbons (Fsp3) is 0.667. The van der Waals surface area contributed by atoms with E-state index in [9.17, 15) is 18.0 Å². The Balaban J connectivity index is 1.59. The van der Waals surface area contributed by atoms with Gasteiger partial charge in [-0.15, -0.1) is 0 Å². The van der Waals surface area contributed by atoms with Crippen molar-refractivity contribution in [2.45, 2.75) is 43.5 Å². The SMILES string of the molecule is O=C(NC1CCC12CCCO2)c1ccc(C(F)(F)F)nc1N1CCOCC1. The molecule has 1 aromatic heterocycles. The summed E-state index contributed by atoms with van der Waals surface area (Å²) in [5, 5.41) is 2.96. The molecule has 148 valence electrons. The molecule has 1 amide bonds. The van der Waals surface area contributed by atoms with Gasteiger partial charge in [-0.3, -0.25) is 4.79 Å². The Bertz CT molecular complexity index is 714. The van der Waals surface area contributed by atoms with Crippen molar-refractivity contribution >= 4 is 11.7 Å². The van der Waals surface area contributed by atoms with Gasteiger partial charge in [-0.25, -0.2) is 4.98 Å². The van der Waals surface area contributed by atoms with Gasteiger partial charge in [0.05, 0.1) is 30.4 Å². The highest BCUT2D eigenvalue weighted by Crippen LogP contribution is 2.43. The smallest absolute Gasteiger partial charge is 0.378 e. The number of anilines is 1. The number of nitrogens with one attached hydrogen (secondary N) is 1. The lowest BCUT2D eigenvalue weighted by atomic mass is 9.73. The van der Waals surface area contributed by atoms with Gasteiger partial charge in [0.15, 0.2) is 0 Å². The zero-order valence-electron chi connectivity index (χ0n) is 14.8. The summed E-state index contributed by atoms with van der Waals surface area (Å²) in [7, 11) is 0. The zero-order chi connectivity index (χ0) is 19.1. The molecule has 4 rings (SSSR count). The number of carbonyl (C=O) groups is 1. The van der Waals surface area contributed by atoms with Gasteiger partial charge in [0.25, 0.3) is 5.91 Å². The molecule has 1 aromatic rings. The summed E-state index contributed by atoms with van der Waals surface area (Å²) in [6.45, 7) is 2.25. The highest BCUT2D eigenvalue weighted by Gasteiger charge is 2.50. The second-order valence-electron chi connectivity index (χ2n) is 7.25. The summed E-state index contributed by atoms with van der Waals surface area (Å²) >= 11 is 0. The van der Waals surface area contributed by atoms with Gasteiger partial charge in [-0.05, 0) is 37.8 Å². The first-order chi connectivity index (χ1) is 12.9. The van der Waals surface area contributed by atoms with Crippen molar-refractivity contribution in [3.05, 3.63) is 23.4 Å². The van der Waals surface area contributed by atoms with Crippen molar-refractivity contribution in [3.8, 4) is 0 Å². The molecule has 2 saturated heterocycles. The Labute approximate surface area is 155 Å². The van der Waals surface area contributed by atoms with Crippen LogP contribution in [0, 0.1) is 0 Å². The summed E-state index contributed by atoms with van der Waals surface area (Å²) in [6, 6.07) is 1.98. The number of carbonyl (C=O) groups excluding carboxylic acids is 1. The lowest BCUT2D eigenvalue weighted by molar-refractivity contribution is -0.141. The zero-order valence-corrected chi connectivity index (χ0v) is 14.8. The maximum atomic E-state index is 13.1. The van der Waals surface area contributed by atoms with Crippen LogP contribution in [0.25, 0.3) is 0 Å². The minimum absolute atomic E-state index is 0.0614. The Morgan fingerprint density at radius 1 is 1.22 bits per heavy atom. The topological polar surface area (TPSA) is 63.7 Å². The molecule has 0 bridgehead atoms. The van der Waals surface area contributed by atoms with Crippen LogP contribution in [0.15, 0.2) is 12.1 Å². The second kappa shape index (κ2) is 6.94. The molecule has 1 N–H and O–H groups in total. The monoisotopic (exact) mass is 385 g/mol. The molecule has 1 aliphatic carbocycles. The van der Waals surface area contributed by atoms with Crippen LogP contribution in [0.2, 0.25) is 0 Å². The summed E-state index contributed by atoms with van der Waals surface area (Å²) in [5.74, 6) is -0.344. The molecule has 3 heterocycles. The Hall–Kier alpha value is -1.87. The number of nitrogens with zero attached hydrogens (tertiary/aromatic N) is 2. The number of rotatable bonds is 3. The number of ether oxygens (including phenoxy) is 2. The van der Waals surface area contributed by atoms with E-state index in [4.69, 9.17) is 9.47 Å². The van der Waals surface area contributed by atoms with Crippen molar-refractivity contribution in [1.29, 1.82) is 0 Å². The minimum Gasteiger partial charge on any atom is -0.378 e. The highest BCUT2D eigenvalue weighted by atomic mass is 19.4. The van der Waals surface area contributed by atoms with E-state index in [1.54, 1.807) is 4.90 Å². The van der Waals surface area contributed by atoms with Gasteiger partial charge >= 0.3 is 6.18 Å². The third kappa shape index (κ3) is 3.50. The van der Waals surface area contributed by atoms with Gasteiger partial charge in [0.1, 0.15) is 11.5 Å². The van der Waals surface area contributed by atoms with Crippen LogP contribution in [0.1, 0.15) is 41.7 Å². The summed E-state index contributed by atoms with van der Waals surface area (Å²) in [4.78, 5) is 18.3. The van der Waals surface area contributed by atoms with Gasteiger partial charge < -0.3 is 19.7 Å². The quantitative estimate of drug-likeness (QED) is 0.866. The average Bonchev–Trinajstić information content (AvgIpc) is 3.17. The maximum Gasteiger partial charge on any atom is 0.433 e. The van der Waals surface area contributed by atoms with Crippen LogP contribution in [0.3, 0.4) is 0 Å². The van der Waals surface area contributed by atoms with Gasteiger partial charge in [-0.1, -0.05) is 0 Å². The number of halogens is 3. The predicted octanol–water partition coefficient (Wildman–Crippen LogP) is 2.38. The van der Waals surface area contributed by atoms with E-state index < -0.39 is 17.8 Å². The van der Waals surface area contributed by atoms with Crippen LogP contribution < -0.4 is 10.2 Å². The molecular weight excluding hydrogens is 363 g/mol. The predicted molar refractivity (Wildman–Crippen MR) is 90.7 cm³/mol. The van der Waals surface area contributed by atoms with Crippen molar-refractivity contribution in [2.24, 2.45) is 0 Å². The summed E-state index contributed by atoms with van der Waals surface area (Å²) in [6.07, 6.45) is -0.981. The van der Waals surface area contributed by atoms with Crippen LogP contribution in [-0.4, -0.2) is 55.4 Å². The standard InChI is InChI=1S/C18H22F3N3O3/c19-18(20,21)14-3-2-12(15(22-14)24-7-10-26-11-8-24)16(25)23-13-4-6-17(13)5-1-9-27-17/h2-3,13H,1,4-11H2,(H,23,25). The van der Waals surface area contributed by atoms with E-state index in [1.807, 2.05) is 0 Å². The molecule has 6 nitrogen and oxygen atoms in total. The fourth-order valence-electron chi connectivity index (χ4n) is 4.04. The first kappa shape index (κ1) is 18.5. The number of amides is 1. The lowest BCUT2D eigenvalue weighted by Gasteiger charge is -2.46. The van der Waals surface area contributed by atoms with Crippen molar-refractivity contribution in [1.82, 2.24) is 10.3 Å². The Morgan fingerprint density at radius 3 is 2.59 bits per heavy atom.